The summed E-state index contributed by atoms with van der Waals surface area (Å²) in [5.41, 5.74) is 1.44. The third-order valence-corrected chi connectivity index (χ3v) is 5.49. The number of halogens is 4. The van der Waals surface area contributed by atoms with E-state index in [-0.39, 0.29) is 0 Å². The van der Waals surface area contributed by atoms with Gasteiger partial charge < -0.3 is 18.9 Å². The number of alkyl halides is 2. The van der Waals surface area contributed by atoms with Crippen molar-refractivity contribution in [3.8, 4) is 23.0 Å². The van der Waals surface area contributed by atoms with Crippen molar-refractivity contribution in [1.29, 1.82) is 0 Å². The fourth-order valence-electron chi connectivity index (χ4n) is 2.91. The van der Waals surface area contributed by atoms with E-state index in [4.69, 9.17) is 53.8 Å². The Bertz CT molecular complexity index is 1170. The van der Waals surface area contributed by atoms with Crippen LogP contribution in [0.15, 0.2) is 36.9 Å². The summed E-state index contributed by atoms with van der Waals surface area (Å²) in [4.78, 5) is 16.1. The van der Waals surface area contributed by atoms with Crippen molar-refractivity contribution in [1.82, 2.24) is 19.9 Å². The Balaban J connectivity index is 0.000000191. The first kappa shape index (κ1) is 26.3. The fourth-order valence-corrected chi connectivity index (χ4v) is 3.54. The molecule has 0 spiro atoms. The molecule has 34 heavy (non-hydrogen) atoms. The zero-order valence-electron chi connectivity index (χ0n) is 18.2. The molecule has 0 radical (unpaired) electrons. The van der Waals surface area contributed by atoms with Crippen LogP contribution in [0.2, 0.25) is 10.3 Å². The second-order valence-electron chi connectivity index (χ2n) is 6.44. The summed E-state index contributed by atoms with van der Waals surface area (Å²) < 4.78 is 21.5. The summed E-state index contributed by atoms with van der Waals surface area (Å²) in [7, 11) is 3.15. The van der Waals surface area contributed by atoms with Gasteiger partial charge in [0, 0.05) is 28.2 Å². The predicted octanol–water partition coefficient (Wildman–Crippen LogP) is 5.97. The monoisotopic (exact) mass is 588 g/mol. The van der Waals surface area contributed by atoms with Crippen molar-refractivity contribution in [2.24, 2.45) is 0 Å². The van der Waals surface area contributed by atoms with Gasteiger partial charge in [-0.3, -0.25) is 0 Å². The number of rotatable bonds is 8. The Labute approximate surface area is 219 Å². The minimum absolute atomic E-state index is 0.386. The largest absolute Gasteiger partial charge is 0.493 e. The maximum atomic E-state index is 5.99. The van der Waals surface area contributed by atoms with E-state index in [2.05, 4.69) is 35.9 Å². The molecule has 0 atom stereocenters. The smallest absolute Gasteiger partial charge is 0.163 e. The van der Waals surface area contributed by atoms with Crippen molar-refractivity contribution in [2.75, 3.05) is 38.6 Å². The highest BCUT2D eigenvalue weighted by Gasteiger charge is 2.11. The summed E-state index contributed by atoms with van der Waals surface area (Å²) >= 11 is 20.8. The van der Waals surface area contributed by atoms with Gasteiger partial charge in [0.2, 0.25) is 0 Å². The topological polar surface area (TPSA) is 88.5 Å². The lowest BCUT2D eigenvalue weighted by Gasteiger charge is -2.11. The van der Waals surface area contributed by atoms with Gasteiger partial charge in [0.1, 0.15) is 29.6 Å². The van der Waals surface area contributed by atoms with Gasteiger partial charge in [0.05, 0.1) is 37.7 Å². The van der Waals surface area contributed by atoms with Crippen molar-refractivity contribution >= 4 is 72.5 Å². The zero-order valence-corrected chi connectivity index (χ0v) is 22.1. The molecule has 0 amide bonds. The van der Waals surface area contributed by atoms with Crippen LogP contribution in [0.3, 0.4) is 0 Å². The van der Waals surface area contributed by atoms with Crippen LogP contribution in [0.5, 0.6) is 23.0 Å². The molecule has 2 aromatic carbocycles. The minimum atomic E-state index is 0.386. The third-order valence-electron chi connectivity index (χ3n) is 4.41. The lowest BCUT2D eigenvalue weighted by atomic mass is 10.2. The quantitative estimate of drug-likeness (QED) is 0.183. The average molecular weight is 591 g/mol. The lowest BCUT2D eigenvalue weighted by molar-refractivity contribution is 0.313. The highest BCUT2D eigenvalue weighted by Crippen LogP contribution is 2.34. The number of methoxy groups -OCH3 is 2. The number of benzene rings is 2. The molecule has 12 heteroatoms. The number of hydrogen-bond donors (Lipinski definition) is 0. The van der Waals surface area contributed by atoms with Crippen LogP contribution in [-0.2, 0) is 0 Å². The highest BCUT2D eigenvalue weighted by atomic mass is 79.9. The first-order chi connectivity index (χ1) is 16.5. The van der Waals surface area contributed by atoms with Gasteiger partial charge in [-0.1, -0.05) is 39.1 Å². The summed E-state index contributed by atoms with van der Waals surface area (Å²) in [6.45, 7) is 0.961. The van der Waals surface area contributed by atoms with Crippen molar-refractivity contribution < 1.29 is 18.9 Å². The Morgan fingerprint density at radius 3 is 1.59 bits per heavy atom. The molecule has 0 saturated carbocycles. The molecule has 2 aromatic heterocycles. The standard InChI is InChI=1S/C11H10BrClN2O2.C11H10Cl2N2O2/c2*1-16-9-4-7-8(14-6-15-11(7)13)5-10(9)17-3-2-12/h2*4-6H,2-3H2,1H3. The van der Waals surface area contributed by atoms with Crippen LogP contribution in [0.4, 0.5) is 0 Å². The van der Waals surface area contributed by atoms with E-state index in [0.717, 1.165) is 21.6 Å². The van der Waals surface area contributed by atoms with Gasteiger partial charge in [0.25, 0.3) is 0 Å². The average Bonchev–Trinajstić information content (AvgIpc) is 2.86. The second-order valence-corrected chi connectivity index (χ2v) is 8.33. The van der Waals surface area contributed by atoms with Gasteiger partial charge in [-0.2, -0.15) is 0 Å². The summed E-state index contributed by atoms with van der Waals surface area (Å²) in [5.74, 6) is 2.85. The molecule has 0 bridgehead atoms. The van der Waals surface area contributed by atoms with Gasteiger partial charge in [-0.15, -0.1) is 11.6 Å². The molecule has 0 unspecified atom stereocenters. The molecule has 0 aliphatic rings. The van der Waals surface area contributed by atoms with E-state index in [9.17, 15) is 0 Å². The maximum Gasteiger partial charge on any atom is 0.163 e. The van der Waals surface area contributed by atoms with E-state index >= 15 is 0 Å². The summed E-state index contributed by atoms with van der Waals surface area (Å²) in [6, 6.07) is 7.08. The highest BCUT2D eigenvalue weighted by molar-refractivity contribution is 9.09. The van der Waals surface area contributed by atoms with Crippen LogP contribution in [-0.4, -0.2) is 58.6 Å². The first-order valence-electron chi connectivity index (χ1n) is 9.86. The van der Waals surface area contributed by atoms with Crippen LogP contribution in [0, 0.1) is 0 Å². The Hall–Kier alpha value is -2.33. The van der Waals surface area contributed by atoms with Crippen LogP contribution in [0.25, 0.3) is 21.8 Å². The van der Waals surface area contributed by atoms with Crippen molar-refractivity contribution in [3.63, 3.8) is 0 Å². The Morgan fingerprint density at radius 2 is 1.18 bits per heavy atom. The number of nitrogens with zero attached hydrogens (tertiary/aromatic N) is 4. The fraction of sp³-hybridized carbons (Fsp3) is 0.273. The first-order valence-corrected chi connectivity index (χ1v) is 12.3. The SMILES string of the molecule is COc1cc2c(Cl)ncnc2cc1OCCBr.COc1cc2c(Cl)ncnc2cc1OCCCl. The van der Waals surface area contributed by atoms with Crippen molar-refractivity contribution in [3.05, 3.63) is 47.2 Å². The number of fused-ring (bicyclic) bond motifs is 2. The molecule has 4 aromatic rings. The Kier molecular flexibility index (Phi) is 10.0. The molecule has 0 aliphatic carbocycles. The van der Waals surface area contributed by atoms with E-state index < -0.39 is 0 Å². The summed E-state index contributed by atoms with van der Waals surface area (Å²) in [6.07, 6.45) is 2.83. The molecular formula is C22H20BrCl3N4O4. The van der Waals surface area contributed by atoms with Crippen LogP contribution < -0.4 is 18.9 Å². The molecule has 0 N–H and O–H groups in total. The lowest BCUT2D eigenvalue weighted by Crippen LogP contribution is -2.00. The van der Waals surface area contributed by atoms with Crippen LogP contribution >= 0.6 is 50.7 Å². The van der Waals surface area contributed by atoms with E-state index in [1.165, 1.54) is 12.7 Å². The normalized spacial score (nSPS) is 10.5. The third kappa shape index (κ3) is 6.41. The number of hydrogen-bond acceptors (Lipinski definition) is 8. The second kappa shape index (κ2) is 12.9. The van der Waals surface area contributed by atoms with E-state index in [0.29, 0.717) is 57.9 Å². The number of ether oxygens (including phenoxy) is 4. The van der Waals surface area contributed by atoms with Gasteiger partial charge in [-0.05, 0) is 12.1 Å². The zero-order chi connectivity index (χ0) is 24.5. The predicted molar refractivity (Wildman–Crippen MR) is 138 cm³/mol. The van der Waals surface area contributed by atoms with E-state index in [1.54, 1.807) is 38.5 Å². The molecule has 0 saturated heterocycles. The van der Waals surface area contributed by atoms with Gasteiger partial charge >= 0.3 is 0 Å². The summed E-state index contributed by atoms with van der Waals surface area (Å²) in [5, 5.41) is 3.01. The molecule has 2 heterocycles. The molecular weight excluding hydrogens is 571 g/mol. The molecule has 4 rings (SSSR count). The van der Waals surface area contributed by atoms with Gasteiger partial charge in [0.15, 0.2) is 23.0 Å². The Morgan fingerprint density at radius 1 is 0.706 bits per heavy atom. The van der Waals surface area contributed by atoms with Gasteiger partial charge in [-0.25, -0.2) is 19.9 Å². The molecule has 0 fully saturated rings. The number of aromatic nitrogens is 4. The molecule has 0 aliphatic heterocycles. The molecule has 8 nitrogen and oxygen atoms in total. The van der Waals surface area contributed by atoms with E-state index in [1.807, 2.05) is 0 Å². The van der Waals surface area contributed by atoms with Crippen LogP contribution in [0.1, 0.15) is 0 Å². The maximum absolute atomic E-state index is 5.99. The van der Waals surface area contributed by atoms with Crippen molar-refractivity contribution in [2.45, 2.75) is 0 Å². The minimum Gasteiger partial charge on any atom is -0.493 e. The molecule has 180 valence electrons.